The summed E-state index contributed by atoms with van der Waals surface area (Å²) in [5, 5.41) is 0. The first-order valence-corrected chi connectivity index (χ1v) is 8.92. The van der Waals surface area contributed by atoms with Gasteiger partial charge in [-0.15, -0.1) is 0 Å². The van der Waals surface area contributed by atoms with Gasteiger partial charge >= 0.3 is 13.2 Å². The fourth-order valence-electron chi connectivity index (χ4n) is 3.59. The Bertz CT molecular complexity index is 548. The Morgan fingerprint density at radius 3 is 2.29 bits per heavy atom. The van der Waals surface area contributed by atoms with Gasteiger partial charge in [0, 0.05) is 13.1 Å². The molecule has 2 aliphatic heterocycles. The third kappa shape index (κ3) is 3.23. The normalized spacial score (nSPS) is 31.2. The topological polar surface area (TPSA) is 48.0 Å². The van der Waals surface area contributed by atoms with E-state index in [4.69, 9.17) is 14.0 Å². The molecule has 0 saturated carbocycles. The van der Waals surface area contributed by atoms with Crippen LogP contribution in [0.2, 0.25) is 0 Å². The van der Waals surface area contributed by atoms with Crippen molar-refractivity contribution in [1.29, 1.82) is 0 Å². The number of carbonyl (C=O) groups is 1. The number of likely N-dealkylation sites (tertiary alicyclic amines) is 1. The zero-order valence-electron chi connectivity index (χ0n) is 16.0. The number of ether oxygens (including phenoxy) is 1. The monoisotopic (exact) mass is 335 g/mol. The van der Waals surface area contributed by atoms with Crippen LogP contribution in [0, 0.1) is 11.8 Å². The van der Waals surface area contributed by atoms with Crippen LogP contribution < -0.4 is 0 Å². The first-order valence-electron chi connectivity index (χ1n) is 8.92. The number of nitrogens with zero attached hydrogens (tertiary/aromatic N) is 1. The van der Waals surface area contributed by atoms with Gasteiger partial charge in [0.2, 0.25) is 0 Å². The fourth-order valence-corrected chi connectivity index (χ4v) is 3.59. The maximum Gasteiger partial charge on any atom is 0.490 e. The molecule has 2 heterocycles. The number of amides is 1. The van der Waals surface area contributed by atoms with Gasteiger partial charge in [-0.3, -0.25) is 0 Å². The minimum Gasteiger partial charge on any atom is -0.444 e. The highest BCUT2D eigenvalue weighted by Gasteiger charge is 2.54. The molecule has 1 amide bonds. The lowest BCUT2D eigenvalue weighted by Gasteiger charge is -2.32. The molecule has 0 spiro atoms. The number of allylic oxidation sites excluding steroid dienone is 1. The molecule has 0 aromatic heterocycles. The van der Waals surface area contributed by atoms with E-state index in [1.165, 1.54) is 5.47 Å². The Hall–Kier alpha value is -1.01. The van der Waals surface area contributed by atoms with Crippen LogP contribution >= 0.6 is 0 Å². The predicted molar refractivity (Wildman–Crippen MR) is 93.6 cm³/mol. The lowest BCUT2D eigenvalue weighted by Crippen LogP contribution is -2.41. The lowest BCUT2D eigenvalue weighted by molar-refractivity contribution is 0.00578. The standard InChI is InChI=1S/C18H30BNO4/c1-16(2,3)22-15(21)20-10-12-8-14(9-13(12)11-20)19-23-17(4,5)18(6,7)24-19/h8,12-13H,9-11H2,1-7H3. The van der Waals surface area contributed by atoms with Gasteiger partial charge in [-0.1, -0.05) is 6.08 Å². The second-order valence-electron chi connectivity index (χ2n) is 9.34. The number of hydrogen-bond acceptors (Lipinski definition) is 4. The largest absolute Gasteiger partial charge is 0.490 e. The first kappa shape index (κ1) is 17.8. The van der Waals surface area contributed by atoms with E-state index in [0.717, 1.165) is 19.5 Å². The van der Waals surface area contributed by atoms with Crippen LogP contribution in [-0.4, -0.2) is 48.0 Å². The van der Waals surface area contributed by atoms with Crippen LogP contribution in [0.3, 0.4) is 0 Å². The quantitative estimate of drug-likeness (QED) is 0.689. The predicted octanol–water partition coefficient (Wildman–Crippen LogP) is 3.43. The van der Waals surface area contributed by atoms with E-state index in [1.807, 2.05) is 25.7 Å². The number of carbonyl (C=O) groups excluding carboxylic acids is 1. The molecule has 3 rings (SSSR count). The molecule has 0 N–H and O–H groups in total. The summed E-state index contributed by atoms with van der Waals surface area (Å²) in [6, 6.07) is 0. The molecule has 2 unspecified atom stereocenters. The maximum atomic E-state index is 12.2. The molecule has 2 atom stereocenters. The molecule has 2 saturated heterocycles. The molecule has 1 aliphatic carbocycles. The van der Waals surface area contributed by atoms with E-state index in [2.05, 4.69) is 33.8 Å². The second kappa shape index (κ2) is 5.50. The first-order chi connectivity index (χ1) is 10.9. The van der Waals surface area contributed by atoms with Gasteiger partial charge in [-0.2, -0.15) is 0 Å². The van der Waals surface area contributed by atoms with Crippen molar-refractivity contribution >= 4 is 13.2 Å². The Kier molecular flexibility index (Phi) is 4.08. The molecule has 6 heteroatoms. The van der Waals surface area contributed by atoms with Crippen molar-refractivity contribution in [3.8, 4) is 0 Å². The highest BCUT2D eigenvalue weighted by atomic mass is 16.7. The van der Waals surface area contributed by atoms with Crippen molar-refractivity contribution in [2.75, 3.05) is 13.1 Å². The maximum absolute atomic E-state index is 12.2. The Morgan fingerprint density at radius 1 is 1.21 bits per heavy atom. The average molecular weight is 335 g/mol. The number of hydrogen-bond donors (Lipinski definition) is 0. The Balaban J connectivity index is 1.62. The van der Waals surface area contributed by atoms with Crippen LogP contribution in [-0.2, 0) is 14.0 Å². The SMILES string of the molecule is CC(C)(C)OC(=O)N1CC2C=C(B3OC(C)(C)C(C)(C)O3)CC2C1. The molecule has 134 valence electrons. The summed E-state index contributed by atoms with van der Waals surface area (Å²) in [5.74, 6) is 0.832. The van der Waals surface area contributed by atoms with E-state index in [-0.39, 0.29) is 24.4 Å². The number of rotatable bonds is 1. The molecular weight excluding hydrogens is 305 g/mol. The van der Waals surface area contributed by atoms with E-state index < -0.39 is 5.60 Å². The molecule has 0 aromatic carbocycles. The van der Waals surface area contributed by atoms with Crippen molar-refractivity contribution in [1.82, 2.24) is 4.90 Å². The molecule has 0 bridgehead atoms. The van der Waals surface area contributed by atoms with Crippen LogP contribution in [0.4, 0.5) is 4.79 Å². The van der Waals surface area contributed by atoms with Gasteiger partial charge < -0.3 is 18.9 Å². The van der Waals surface area contributed by atoms with Crippen molar-refractivity contribution < 1.29 is 18.8 Å². The summed E-state index contributed by atoms with van der Waals surface area (Å²) in [6.07, 6.45) is 2.99. The average Bonchev–Trinajstić information content (AvgIpc) is 2.97. The Labute approximate surface area is 145 Å². The van der Waals surface area contributed by atoms with Gasteiger partial charge in [0.15, 0.2) is 0 Å². The van der Waals surface area contributed by atoms with Gasteiger partial charge in [0.25, 0.3) is 0 Å². The zero-order chi connectivity index (χ0) is 17.9. The molecule has 3 aliphatic rings. The molecule has 5 nitrogen and oxygen atoms in total. The summed E-state index contributed by atoms with van der Waals surface area (Å²) < 4.78 is 17.8. The van der Waals surface area contributed by atoms with E-state index in [1.54, 1.807) is 0 Å². The summed E-state index contributed by atoms with van der Waals surface area (Å²) in [5.41, 5.74) is 0.170. The van der Waals surface area contributed by atoms with Crippen molar-refractivity contribution in [3.05, 3.63) is 11.5 Å². The molecule has 24 heavy (non-hydrogen) atoms. The van der Waals surface area contributed by atoms with Crippen molar-refractivity contribution in [2.45, 2.75) is 71.7 Å². The molecule has 2 fully saturated rings. The highest BCUT2D eigenvalue weighted by Crippen LogP contribution is 2.44. The van der Waals surface area contributed by atoms with Crippen molar-refractivity contribution in [2.24, 2.45) is 11.8 Å². The van der Waals surface area contributed by atoms with E-state index in [9.17, 15) is 4.79 Å². The summed E-state index contributed by atoms with van der Waals surface area (Å²) in [6.45, 7) is 15.5. The van der Waals surface area contributed by atoms with Gasteiger partial charge in [0.1, 0.15) is 5.60 Å². The van der Waals surface area contributed by atoms with Gasteiger partial charge in [-0.25, -0.2) is 4.79 Å². The van der Waals surface area contributed by atoms with Crippen LogP contribution in [0.5, 0.6) is 0 Å². The zero-order valence-corrected chi connectivity index (χ0v) is 16.0. The summed E-state index contributed by atoms with van der Waals surface area (Å²) >= 11 is 0. The summed E-state index contributed by atoms with van der Waals surface area (Å²) in [4.78, 5) is 14.1. The van der Waals surface area contributed by atoms with Crippen LogP contribution in [0.1, 0.15) is 54.9 Å². The number of fused-ring (bicyclic) bond motifs is 1. The second-order valence-corrected chi connectivity index (χ2v) is 9.34. The Morgan fingerprint density at radius 2 is 1.79 bits per heavy atom. The third-order valence-corrected chi connectivity index (χ3v) is 5.63. The highest BCUT2D eigenvalue weighted by molar-refractivity contribution is 6.54. The molecular formula is C18H30BNO4. The van der Waals surface area contributed by atoms with E-state index in [0.29, 0.717) is 11.8 Å². The third-order valence-electron chi connectivity index (χ3n) is 5.63. The smallest absolute Gasteiger partial charge is 0.444 e. The molecule has 0 radical (unpaired) electrons. The minimum atomic E-state index is -0.446. The van der Waals surface area contributed by atoms with Crippen LogP contribution in [0.25, 0.3) is 0 Å². The van der Waals surface area contributed by atoms with Gasteiger partial charge in [0.05, 0.1) is 11.2 Å². The van der Waals surface area contributed by atoms with Crippen molar-refractivity contribution in [3.63, 3.8) is 0 Å². The van der Waals surface area contributed by atoms with E-state index >= 15 is 0 Å². The summed E-state index contributed by atoms with van der Waals surface area (Å²) in [7, 11) is -0.254. The fraction of sp³-hybridized carbons (Fsp3) is 0.833. The lowest BCUT2D eigenvalue weighted by atomic mass is 9.77. The van der Waals surface area contributed by atoms with Crippen LogP contribution in [0.15, 0.2) is 11.5 Å². The van der Waals surface area contributed by atoms with Gasteiger partial charge in [-0.05, 0) is 72.2 Å². The minimum absolute atomic E-state index is 0.206. The molecule has 0 aromatic rings.